The largest absolute Gasteiger partial charge is 0.297 e. The zero-order valence-corrected chi connectivity index (χ0v) is 10.5. The van der Waals surface area contributed by atoms with Gasteiger partial charge in [0.05, 0.1) is 17.6 Å². The van der Waals surface area contributed by atoms with Crippen molar-refractivity contribution in [3.63, 3.8) is 0 Å². The minimum absolute atomic E-state index is 0.400. The molecule has 0 fully saturated rings. The van der Waals surface area contributed by atoms with Crippen LogP contribution in [0.3, 0.4) is 0 Å². The quantitative estimate of drug-likeness (QED) is 0.725. The van der Waals surface area contributed by atoms with E-state index >= 15 is 0 Å². The highest BCUT2D eigenvalue weighted by Gasteiger charge is 2.14. The summed E-state index contributed by atoms with van der Waals surface area (Å²) in [5.74, 6) is 0.515. The van der Waals surface area contributed by atoms with Crippen molar-refractivity contribution >= 4 is 22.9 Å². The van der Waals surface area contributed by atoms with Crippen LogP contribution in [0.2, 0.25) is 0 Å². The average Bonchev–Trinajstić information content (AvgIpc) is 2.65. The van der Waals surface area contributed by atoms with E-state index in [4.69, 9.17) is 11.6 Å². The number of hydrogen-bond donors (Lipinski definition) is 0. The summed E-state index contributed by atoms with van der Waals surface area (Å²) in [6, 6.07) is 0.400. The molecule has 2 nitrogen and oxygen atoms in total. The number of hydrogen-bond acceptors (Lipinski definition) is 3. The monoisotopic (exact) mass is 232 g/mol. The third-order valence-electron chi connectivity index (χ3n) is 2.30. The first-order chi connectivity index (χ1) is 6.69. The molecule has 0 aliphatic heterocycles. The minimum atomic E-state index is 0.400. The zero-order valence-electron chi connectivity index (χ0n) is 8.96. The van der Waals surface area contributed by atoms with Gasteiger partial charge in [-0.15, -0.1) is 22.9 Å². The average molecular weight is 233 g/mol. The van der Waals surface area contributed by atoms with Crippen LogP contribution in [0, 0.1) is 0 Å². The lowest BCUT2D eigenvalue weighted by Crippen LogP contribution is -2.22. The molecule has 0 saturated heterocycles. The molecule has 0 bridgehead atoms. The Hall–Kier alpha value is -0.120. The molecule has 0 aromatic carbocycles. The summed E-state index contributed by atoms with van der Waals surface area (Å²) >= 11 is 7.42. The van der Waals surface area contributed by atoms with Gasteiger partial charge in [0.15, 0.2) is 0 Å². The maximum absolute atomic E-state index is 5.72. The van der Waals surface area contributed by atoms with E-state index in [1.807, 2.05) is 5.38 Å². The molecule has 0 radical (unpaired) electrons. The van der Waals surface area contributed by atoms with E-state index in [1.165, 1.54) is 6.42 Å². The lowest BCUT2D eigenvalue weighted by Gasteiger charge is -2.21. The van der Waals surface area contributed by atoms with E-state index in [0.717, 1.165) is 17.2 Å². The van der Waals surface area contributed by atoms with Crippen LogP contribution < -0.4 is 0 Å². The number of nitrogens with zero attached hydrogens (tertiary/aromatic N) is 2. The minimum Gasteiger partial charge on any atom is -0.297 e. The molecule has 0 aliphatic carbocycles. The van der Waals surface area contributed by atoms with E-state index in [2.05, 4.69) is 30.8 Å². The van der Waals surface area contributed by atoms with Crippen molar-refractivity contribution < 1.29 is 0 Å². The third kappa shape index (κ3) is 2.94. The highest BCUT2D eigenvalue weighted by molar-refractivity contribution is 7.09. The van der Waals surface area contributed by atoms with Crippen molar-refractivity contribution in [3.05, 3.63) is 16.1 Å². The molecule has 0 N–H and O–H groups in total. The summed E-state index contributed by atoms with van der Waals surface area (Å²) in [7, 11) is 2.13. The van der Waals surface area contributed by atoms with Crippen LogP contribution in [-0.2, 0) is 5.88 Å². The van der Waals surface area contributed by atoms with Gasteiger partial charge in [-0.3, -0.25) is 4.90 Å². The molecular formula is C10H17ClN2S. The van der Waals surface area contributed by atoms with Crippen molar-refractivity contribution in [2.75, 3.05) is 13.6 Å². The van der Waals surface area contributed by atoms with Gasteiger partial charge in [0, 0.05) is 5.38 Å². The normalized spacial score (nSPS) is 13.5. The van der Waals surface area contributed by atoms with Gasteiger partial charge >= 0.3 is 0 Å². The second-order valence-electron chi connectivity index (χ2n) is 3.47. The summed E-state index contributed by atoms with van der Waals surface area (Å²) in [4.78, 5) is 6.79. The van der Waals surface area contributed by atoms with E-state index < -0.39 is 0 Å². The maximum atomic E-state index is 5.72. The van der Waals surface area contributed by atoms with Gasteiger partial charge in [0.1, 0.15) is 5.01 Å². The fourth-order valence-electron chi connectivity index (χ4n) is 1.31. The van der Waals surface area contributed by atoms with Crippen molar-refractivity contribution in [1.82, 2.24) is 9.88 Å². The topological polar surface area (TPSA) is 16.1 Å². The molecule has 0 spiro atoms. The number of alkyl halides is 1. The standard InChI is InChI=1S/C10H17ClN2S/c1-4-5-13(3)8(2)10-12-9(6-11)7-14-10/h7-8H,4-6H2,1-3H3. The first-order valence-corrected chi connectivity index (χ1v) is 6.31. The highest BCUT2D eigenvalue weighted by atomic mass is 35.5. The zero-order chi connectivity index (χ0) is 10.6. The molecule has 1 unspecified atom stereocenters. The Labute approximate surface area is 94.9 Å². The van der Waals surface area contributed by atoms with Crippen LogP contribution in [0.25, 0.3) is 0 Å². The van der Waals surface area contributed by atoms with Gasteiger partial charge < -0.3 is 0 Å². The van der Waals surface area contributed by atoms with Crippen LogP contribution in [0.4, 0.5) is 0 Å². The molecule has 14 heavy (non-hydrogen) atoms. The van der Waals surface area contributed by atoms with Gasteiger partial charge in [-0.05, 0) is 26.9 Å². The summed E-state index contributed by atoms with van der Waals surface area (Å²) < 4.78 is 0. The van der Waals surface area contributed by atoms with Gasteiger partial charge in [-0.1, -0.05) is 6.92 Å². The molecule has 80 valence electrons. The molecule has 1 aromatic rings. The van der Waals surface area contributed by atoms with Crippen LogP contribution >= 0.6 is 22.9 Å². The predicted octanol–water partition coefficient (Wildman–Crippen LogP) is 3.28. The fourth-order valence-corrected chi connectivity index (χ4v) is 2.48. The summed E-state index contributed by atoms with van der Waals surface area (Å²) in [6.45, 7) is 5.48. The van der Waals surface area contributed by atoms with E-state index in [0.29, 0.717) is 11.9 Å². The predicted molar refractivity (Wildman–Crippen MR) is 63.0 cm³/mol. The van der Waals surface area contributed by atoms with Crippen molar-refractivity contribution in [3.8, 4) is 0 Å². The molecule has 1 aromatic heterocycles. The van der Waals surface area contributed by atoms with Gasteiger partial charge in [0.25, 0.3) is 0 Å². The molecule has 0 saturated carbocycles. The molecule has 1 heterocycles. The molecule has 0 amide bonds. The van der Waals surface area contributed by atoms with Crippen LogP contribution in [0.15, 0.2) is 5.38 Å². The first kappa shape index (κ1) is 12.0. The SMILES string of the molecule is CCCN(C)C(C)c1nc(CCl)cs1. The fraction of sp³-hybridized carbons (Fsp3) is 0.700. The molecule has 1 atom stereocenters. The Morgan fingerprint density at radius 1 is 1.64 bits per heavy atom. The lowest BCUT2D eigenvalue weighted by molar-refractivity contribution is 0.261. The van der Waals surface area contributed by atoms with Crippen molar-refractivity contribution in [2.45, 2.75) is 32.2 Å². The Kier molecular flexibility index (Phi) is 4.85. The van der Waals surface area contributed by atoms with Crippen LogP contribution in [0.1, 0.15) is 37.0 Å². The number of thiazole rings is 1. The van der Waals surface area contributed by atoms with Gasteiger partial charge in [-0.25, -0.2) is 4.98 Å². The summed E-state index contributed by atoms with van der Waals surface area (Å²) in [5, 5.41) is 3.20. The lowest BCUT2D eigenvalue weighted by atomic mass is 10.3. The maximum Gasteiger partial charge on any atom is 0.110 e. The van der Waals surface area contributed by atoms with Gasteiger partial charge in [0.2, 0.25) is 0 Å². The Morgan fingerprint density at radius 3 is 2.86 bits per heavy atom. The number of halogens is 1. The smallest absolute Gasteiger partial charge is 0.110 e. The van der Waals surface area contributed by atoms with E-state index in [-0.39, 0.29) is 0 Å². The molecule has 4 heteroatoms. The Morgan fingerprint density at radius 2 is 2.36 bits per heavy atom. The first-order valence-electron chi connectivity index (χ1n) is 4.89. The Balaban J connectivity index is 2.63. The van der Waals surface area contributed by atoms with E-state index in [9.17, 15) is 0 Å². The second kappa shape index (κ2) is 5.69. The number of aromatic nitrogens is 1. The second-order valence-corrected chi connectivity index (χ2v) is 4.62. The molecule has 1 rings (SSSR count). The summed E-state index contributed by atoms with van der Waals surface area (Å²) in [6.07, 6.45) is 1.18. The van der Waals surface area contributed by atoms with Crippen molar-refractivity contribution in [1.29, 1.82) is 0 Å². The molecular weight excluding hydrogens is 216 g/mol. The van der Waals surface area contributed by atoms with E-state index in [1.54, 1.807) is 11.3 Å². The Bertz CT molecular complexity index is 275. The summed E-state index contributed by atoms with van der Waals surface area (Å²) in [5.41, 5.74) is 0.989. The highest BCUT2D eigenvalue weighted by Crippen LogP contribution is 2.23. The van der Waals surface area contributed by atoms with Crippen LogP contribution in [-0.4, -0.2) is 23.5 Å². The van der Waals surface area contributed by atoms with Gasteiger partial charge in [-0.2, -0.15) is 0 Å². The van der Waals surface area contributed by atoms with Crippen molar-refractivity contribution in [2.24, 2.45) is 0 Å². The third-order valence-corrected chi connectivity index (χ3v) is 3.64. The molecule has 0 aliphatic rings. The van der Waals surface area contributed by atoms with Crippen LogP contribution in [0.5, 0.6) is 0 Å². The number of rotatable bonds is 5.